The molecule has 2 heterocycles. The van der Waals surface area contributed by atoms with Gasteiger partial charge >= 0.3 is 0 Å². The summed E-state index contributed by atoms with van der Waals surface area (Å²) in [6, 6.07) is 4.22. The fourth-order valence-electron chi connectivity index (χ4n) is 2.33. The minimum atomic E-state index is -0.913. The Morgan fingerprint density at radius 3 is 2.88 bits per heavy atom. The number of thiazole rings is 1. The van der Waals surface area contributed by atoms with E-state index in [0.29, 0.717) is 28.8 Å². The van der Waals surface area contributed by atoms with Crippen molar-refractivity contribution in [1.82, 2.24) is 14.7 Å². The third kappa shape index (κ3) is 3.18. The van der Waals surface area contributed by atoms with Crippen molar-refractivity contribution in [2.75, 3.05) is 6.54 Å². The molecule has 3 aromatic rings. The molecule has 24 heavy (non-hydrogen) atoms. The van der Waals surface area contributed by atoms with E-state index in [-0.39, 0.29) is 17.7 Å². The molecule has 0 unspecified atom stereocenters. The second kappa shape index (κ2) is 6.48. The molecule has 0 aliphatic carbocycles. The van der Waals surface area contributed by atoms with Crippen LogP contribution in [-0.4, -0.2) is 21.8 Å². The lowest BCUT2D eigenvalue weighted by Gasteiger charge is -2.06. The molecule has 5 nitrogen and oxygen atoms in total. The van der Waals surface area contributed by atoms with Gasteiger partial charge in [0.05, 0.1) is 5.56 Å². The van der Waals surface area contributed by atoms with Gasteiger partial charge in [-0.25, -0.2) is 13.8 Å². The van der Waals surface area contributed by atoms with Crippen LogP contribution in [0.5, 0.6) is 0 Å². The standard InChI is InChI=1S/C16H13F2N3O2S/c1-9-6-14(22)21-11(8-24-16(21)20-9)4-5-19-15(23)12-3-2-10(17)7-13(12)18/h2-3,6-8H,4-5H2,1H3,(H,19,23). The third-order valence-corrected chi connectivity index (χ3v) is 4.32. The molecule has 2 aromatic heterocycles. The van der Waals surface area contributed by atoms with E-state index in [1.54, 1.807) is 12.3 Å². The van der Waals surface area contributed by atoms with Crippen LogP contribution in [0.15, 0.2) is 34.4 Å². The maximum absolute atomic E-state index is 13.5. The highest BCUT2D eigenvalue weighted by Crippen LogP contribution is 2.13. The van der Waals surface area contributed by atoms with Gasteiger partial charge in [0.2, 0.25) is 0 Å². The normalized spacial score (nSPS) is 11.0. The lowest BCUT2D eigenvalue weighted by Crippen LogP contribution is -2.27. The van der Waals surface area contributed by atoms with Crippen LogP contribution in [0, 0.1) is 18.6 Å². The van der Waals surface area contributed by atoms with Gasteiger partial charge in [-0.3, -0.25) is 14.0 Å². The monoisotopic (exact) mass is 349 g/mol. The van der Waals surface area contributed by atoms with E-state index in [2.05, 4.69) is 10.3 Å². The maximum atomic E-state index is 13.5. The summed E-state index contributed by atoms with van der Waals surface area (Å²) in [4.78, 5) is 28.8. The minimum absolute atomic E-state index is 0.176. The Bertz CT molecular complexity index is 981. The molecule has 0 bridgehead atoms. The van der Waals surface area contributed by atoms with E-state index in [1.165, 1.54) is 21.8 Å². The van der Waals surface area contributed by atoms with Crippen LogP contribution >= 0.6 is 11.3 Å². The van der Waals surface area contributed by atoms with E-state index >= 15 is 0 Å². The van der Waals surface area contributed by atoms with Crippen LogP contribution in [0.25, 0.3) is 4.96 Å². The Hall–Kier alpha value is -2.61. The van der Waals surface area contributed by atoms with Crippen molar-refractivity contribution in [2.45, 2.75) is 13.3 Å². The van der Waals surface area contributed by atoms with Crippen molar-refractivity contribution in [3.8, 4) is 0 Å². The number of nitrogens with one attached hydrogen (secondary N) is 1. The molecule has 1 aromatic carbocycles. The number of aryl methyl sites for hydroxylation is 1. The van der Waals surface area contributed by atoms with Gasteiger partial charge in [0.15, 0.2) is 4.96 Å². The second-order valence-corrected chi connectivity index (χ2v) is 6.05. The van der Waals surface area contributed by atoms with Crippen LogP contribution in [0.4, 0.5) is 8.78 Å². The highest BCUT2D eigenvalue weighted by Gasteiger charge is 2.13. The van der Waals surface area contributed by atoms with Gasteiger partial charge in [-0.2, -0.15) is 0 Å². The molecule has 0 saturated heterocycles. The number of amides is 1. The molecule has 0 aliphatic rings. The van der Waals surface area contributed by atoms with Gasteiger partial charge in [0, 0.05) is 41.9 Å². The molecule has 0 aliphatic heterocycles. The second-order valence-electron chi connectivity index (χ2n) is 5.21. The molecule has 124 valence electrons. The number of halogens is 2. The maximum Gasteiger partial charge on any atom is 0.258 e. The number of hydrogen-bond donors (Lipinski definition) is 1. The van der Waals surface area contributed by atoms with E-state index in [9.17, 15) is 18.4 Å². The number of nitrogens with zero attached hydrogens (tertiary/aromatic N) is 2. The molecule has 3 rings (SSSR count). The quantitative estimate of drug-likeness (QED) is 0.786. The summed E-state index contributed by atoms with van der Waals surface area (Å²) >= 11 is 1.34. The highest BCUT2D eigenvalue weighted by atomic mass is 32.1. The first-order chi connectivity index (χ1) is 11.5. The van der Waals surface area contributed by atoms with Crippen molar-refractivity contribution >= 4 is 22.2 Å². The van der Waals surface area contributed by atoms with E-state index < -0.39 is 17.5 Å². The molecule has 0 spiro atoms. The number of aromatic nitrogens is 2. The zero-order valence-electron chi connectivity index (χ0n) is 12.7. The lowest BCUT2D eigenvalue weighted by atomic mass is 10.2. The number of carbonyl (C=O) groups is 1. The fraction of sp³-hybridized carbons (Fsp3) is 0.188. The molecular weight excluding hydrogens is 336 g/mol. The number of rotatable bonds is 4. The molecular formula is C16H13F2N3O2S. The van der Waals surface area contributed by atoms with Gasteiger partial charge in [-0.1, -0.05) is 0 Å². The first-order valence-electron chi connectivity index (χ1n) is 7.16. The van der Waals surface area contributed by atoms with E-state index in [0.717, 1.165) is 12.1 Å². The van der Waals surface area contributed by atoms with Crippen LogP contribution in [0.2, 0.25) is 0 Å². The van der Waals surface area contributed by atoms with Crippen LogP contribution in [0.3, 0.4) is 0 Å². The van der Waals surface area contributed by atoms with Crippen molar-refractivity contribution in [2.24, 2.45) is 0 Å². The molecule has 1 N–H and O–H groups in total. The Morgan fingerprint density at radius 2 is 2.12 bits per heavy atom. The van der Waals surface area contributed by atoms with E-state index in [1.807, 2.05) is 0 Å². The summed E-state index contributed by atoms with van der Waals surface area (Å²) in [5.74, 6) is -2.28. The average molecular weight is 349 g/mol. The number of hydrogen-bond acceptors (Lipinski definition) is 4. The summed E-state index contributed by atoms with van der Waals surface area (Å²) in [6.07, 6.45) is 0.388. The number of carbonyl (C=O) groups excluding carboxylic acids is 1. The highest BCUT2D eigenvalue weighted by molar-refractivity contribution is 7.15. The van der Waals surface area contributed by atoms with Gasteiger partial charge in [-0.05, 0) is 19.1 Å². The smallest absolute Gasteiger partial charge is 0.258 e. The molecule has 1 amide bonds. The Labute approximate surface area is 139 Å². The number of benzene rings is 1. The summed E-state index contributed by atoms with van der Waals surface area (Å²) in [5.41, 5.74) is 0.964. The Morgan fingerprint density at radius 1 is 1.33 bits per heavy atom. The fourth-order valence-corrected chi connectivity index (χ4v) is 3.31. The van der Waals surface area contributed by atoms with Crippen molar-refractivity contribution in [1.29, 1.82) is 0 Å². The largest absolute Gasteiger partial charge is 0.352 e. The van der Waals surface area contributed by atoms with Crippen molar-refractivity contribution in [3.05, 3.63) is 68.6 Å². The SMILES string of the molecule is Cc1cc(=O)n2c(CCNC(=O)c3ccc(F)cc3F)csc2n1. The predicted octanol–water partition coefficient (Wildman–Crippen LogP) is 2.32. The average Bonchev–Trinajstić information content (AvgIpc) is 2.90. The molecule has 0 atom stereocenters. The zero-order chi connectivity index (χ0) is 17.3. The van der Waals surface area contributed by atoms with Crippen molar-refractivity contribution in [3.63, 3.8) is 0 Å². The van der Waals surface area contributed by atoms with E-state index in [4.69, 9.17) is 0 Å². The Kier molecular flexibility index (Phi) is 4.39. The summed E-state index contributed by atoms with van der Waals surface area (Å²) in [7, 11) is 0. The molecule has 0 fully saturated rings. The summed E-state index contributed by atoms with van der Waals surface area (Å²) < 4.78 is 27.9. The van der Waals surface area contributed by atoms with Gasteiger partial charge in [0.1, 0.15) is 11.6 Å². The lowest BCUT2D eigenvalue weighted by molar-refractivity contribution is 0.0950. The minimum Gasteiger partial charge on any atom is -0.352 e. The number of fused-ring (bicyclic) bond motifs is 1. The summed E-state index contributed by atoms with van der Waals surface area (Å²) in [5, 5.41) is 4.36. The molecule has 0 radical (unpaired) electrons. The topological polar surface area (TPSA) is 63.5 Å². The zero-order valence-corrected chi connectivity index (χ0v) is 13.5. The van der Waals surface area contributed by atoms with Crippen LogP contribution in [-0.2, 0) is 6.42 Å². The molecule has 0 saturated carbocycles. The van der Waals surface area contributed by atoms with Gasteiger partial charge in [0.25, 0.3) is 11.5 Å². The first kappa shape index (κ1) is 16.3. The van der Waals surface area contributed by atoms with Gasteiger partial charge in [-0.15, -0.1) is 11.3 Å². The Balaban J connectivity index is 1.71. The van der Waals surface area contributed by atoms with Gasteiger partial charge < -0.3 is 5.32 Å². The first-order valence-corrected chi connectivity index (χ1v) is 8.03. The molecule has 8 heteroatoms. The van der Waals surface area contributed by atoms with Crippen LogP contribution in [0.1, 0.15) is 21.7 Å². The summed E-state index contributed by atoms with van der Waals surface area (Å²) in [6.45, 7) is 1.96. The van der Waals surface area contributed by atoms with Crippen LogP contribution < -0.4 is 10.9 Å². The van der Waals surface area contributed by atoms with Crippen molar-refractivity contribution < 1.29 is 13.6 Å². The predicted molar refractivity (Wildman–Crippen MR) is 86.5 cm³/mol. The third-order valence-electron chi connectivity index (χ3n) is 3.45.